The molecule has 208 valence electrons. The van der Waals surface area contributed by atoms with Gasteiger partial charge < -0.3 is 24.7 Å². The Morgan fingerprint density at radius 3 is 2.54 bits per heavy atom. The van der Waals surface area contributed by atoms with E-state index in [4.69, 9.17) is 10.5 Å². The molecule has 2 aromatic heterocycles. The van der Waals surface area contributed by atoms with E-state index in [9.17, 15) is 13.6 Å². The fraction of sp³-hybridized carbons (Fsp3) is 0.483. The van der Waals surface area contributed by atoms with E-state index in [2.05, 4.69) is 31.4 Å². The SMILES string of the molecule is Cn1c(C2CN(C(=O)OC(C)(C)C)CCC23CC=CCC3)c(-c2ccc(OC(F)F)cc2)c2c(N)ncnc21. The van der Waals surface area contributed by atoms with Crippen LogP contribution in [0.1, 0.15) is 58.1 Å². The summed E-state index contributed by atoms with van der Waals surface area (Å²) in [6.07, 6.45) is 9.24. The monoisotopic (exact) mass is 539 g/mol. The van der Waals surface area contributed by atoms with Gasteiger partial charge in [0.2, 0.25) is 0 Å². The first-order chi connectivity index (χ1) is 18.5. The van der Waals surface area contributed by atoms with Crippen molar-refractivity contribution in [2.75, 3.05) is 18.8 Å². The molecule has 3 heterocycles. The molecule has 2 aliphatic rings. The van der Waals surface area contributed by atoms with E-state index in [-0.39, 0.29) is 23.2 Å². The number of benzene rings is 1. The molecule has 1 amide bonds. The Bertz CT molecular complexity index is 1400. The van der Waals surface area contributed by atoms with Gasteiger partial charge in [0, 0.05) is 37.3 Å². The number of ether oxygens (including phenoxy) is 2. The van der Waals surface area contributed by atoms with Crippen molar-refractivity contribution in [3.05, 3.63) is 48.4 Å². The molecule has 2 N–H and O–H groups in total. The number of aromatic nitrogens is 3. The van der Waals surface area contributed by atoms with Crippen molar-refractivity contribution >= 4 is 22.9 Å². The molecule has 2 unspecified atom stereocenters. The lowest BCUT2D eigenvalue weighted by atomic mass is 9.62. The number of aryl methyl sites for hydroxylation is 1. The molecule has 5 rings (SSSR count). The third kappa shape index (κ3) is 5.16. The van der Waals surface area contributed by atoms with Gasteiger partial charge in [-0.3, -0.25) is 0 Å². The summed E-state index contributed by atoms with van der Waals surface area (Å²) >= 11 is 0. The minimum atomic E-state index is -2.91. The summed E-state index contributed by atoms with van der Waals surface area (Å²) in [6.45, 7) is 3.77. The number of carbonyl (C=O) groups excluding carboxylic acids is 1. The Balaban J connectivity index is 1.68. The lowest BCUT2D eigenvalue weighted by Gasteiger charge is -2.49. The molecule has 39 heavy (non-hydrogen) atoms. The van der Waals surface area contributed by atoms with Crippen LogP contribution in [0.15, 0.2) is 42.7 Å². The minimum absolute atomic E-state index is 0.0608. The second-order valence-corrected chi connectivity index (χ2v) is 11.5. The molecule has 1 spiro atoms. The molecule has 1 aliphatic carbocycles. The number of anilines is 1. The highest BCUT2D eigenvalue weighted by Gasteiger charge is 2.47. The van der Waals surface area contributed by atoms with Gasteiger partial charge >= 0.3 is 12.7 Å². The molecule has 0 radical (unpaired) electrons. The van der Waals surface area contributed by atoms with Gasteiger partial charge in [-0.15, -0.1) is 0 Å². The van der Waals surface area contributed by atoms with Crippen molar-refractivity contribution in [3.8, 4) is 16.9 Å². The van der Waals surface area contributed by atoms with Crippen LogP contribution in [-0.4, -0.2) is 50.8 Å². The summed E-state index contributed by atoms with van der Waals surface area (Å²) in [4.78, 5) is 23.9. The number of likely N-dealkylation sites (tertiary alicyclic amines) is 1. The zero-order valence-corrected chi connectivity index (χ0v) is 22.8. The van der Waals surface area contributed by atoms with E-state index >= 15 is 0 Å². The first kappa shape index (κ1) is 26.9. The maximum absolute atomic E-state index is 13.2. The van der Waals surface area contributed by atoms with Crippen LogP contribution in [-0.2, 0) is 11.8 Å². The minimum Gasteiger partial charge on any atom is -0.444 e. The molecule has 1 aromatic carbocycles. The maximum Gasteiger partial charge on any atom is 0.410 e. The molecule has 1 fully saturated rings. The third-order valence-electron chi connectivity index (χ3n) is 7.91. The number of hydrogen-bond acceptors (Lipinski definition) is 6. The Kier molecular flexibility index (Phi) is 6.99. The van der Waals surface area contributed by atoms with Crippen LogP contribution in [0.5, 0.6) is 5.75 Å². The number of carbonyl (C=O) groups is 1. The number of amides is 1. The van der Waals surface area contributed by atoms with Crippen molar-refractivity contribution in [2.45, 2.75) is 64.6 Å². The maximum atomic E-state index is 13.2. The topological polar surface area (TPSA) is 95.5 Å². The lowest BCUT2D eigenvalue weighted by molar-refractivity contribution is -0.0498. The Labute approximate surface area is 226 Å². The second-order valence-electron chi connectivity index (χ2n) is 11.5. The smallest absolute Gasteiger partial charge is 0.410 e. The fourth-order valence-electron chi connectivity index (χ4n) is 6.15. The molecule has 0 saturated carbocycles. The van der Waals surface area contributed by atoms with E-state index in [0.717, 1.165) is 42.5 Å². The van der Waals surface area contributed by atoms with E-state index < -0.39 is 12.2 Å². The molecule has 10 heteroatoms. The van der Waals surface area contributed by atoms with Crippen LogP contribution >= 0.6 is 0 Å². The average molecular weight is 540 g/mol. The van der Waals surface area contributed by atoms with Crippen molar-refractivity contribution < 1.29 is 23.0 Å². The van der Waals surface area contributed by atoms with Gasteiger partial charge in [-0.05, 0) is 69.6 Å². The number of nitrogens with two attached hydrogens (primary N) is 1. The van der Waals surface area contributed by atoms with Crippen LogP contribution in [0.3, 0.4) is 0 Å². The van der Waals surface area contributed by atoms with Gasteiger partial charge in [0.05, 0.1) is 5.39 Å². The predicted molar refractivity (Wildman–Crippen MR) is 146 cm³/mol. The number of alkyl halides is 2. The number of nitrogen functional groups attached to an aromatic ring is 1. The first-order valence-electron chi connectivity index (χ1n) is 13.3. The molecule has 0 bridgehead atoms. The van der Waals surface area contributed by atoms with Gasteiger partial charge in [0.1, 0.15) is 29.1 Å². The van der Waals surface area contributed by atoms with Crippen LogP contribution in [0, 0.1) is 5.41 Å². The number of fused-ring (bicyclic) bond motifs is 1. The van der Waals surface area contributed by atoms with Crippen LogP contribution in [0.25, 0.3) is 22.2 Å². The largest absolute Gasteiger partial charge is 0.444 e. The quantitative estimate of drug-likeness (QED) is 0.393. The summed E-state index contributed by atoms with van der Waals surface area (Å²) < 4.78 is 38.0. The Morgan fingerprint density at radius 2 is 1.90 bits per heavy atom. The third-order valence-corrected chi connectivity index (χ3v) is 7.91. The molecule has 2 atom stereocenters. The molecule has 1 saturated heterocycles. The summed E-state index contributed by atoms with van der Waals surface area (Å²) in [5.41, 5.74) is 9.05. The van der Waals surface area contributed by atoms with Crippen molar-refractivity contribution in [1.29, 1.82) is 0 Å². The van der Waals surface area contributed by atoms with Gasteiger partial charge in [-0.2, -0.15) is 8.78 Å². The molecular weight excluding hydrogens is 504 g/mol. The highest BCUT2D eigenvalue weighted by Crippen LogP contribution is 2.54. The van der Waals surface area contributed by atoms with Crippen LogP contribution < -0.4 is 10.5 Å². The standard InChI is InChI=1S/C29H35F2N5O3/c1-28(2,3)39-27(37)36-15-14-29(12-6-5-7-13-29)20(16-36)23-21(18-8-10-19(11-9-18)38-26(30)31)22-24(32)33-17-34-25(22)35(23)4/h5-6,8-11,17,20,26H,7,12-16H2,1-4H3,(H2,32,33,34). The normalized spacial score (nSPS) is 21.6. The van der Waals surface area contributed by atoms with Gasteiger partial charge in [-0.1, -0.05) is 24.3 Å². The predicted octanol–water partition coefficient (Wildman–Crippen LogP) is 6.27. The zero-order chi connectivity index (χ0) is 27.9. The van der Waals surface area contributed by atoms with Crippen LogP contribution in [0.2, 0.25) is 0 Å². The summed E-state index contributed by atoms with van der Waals surface area (Å²) in [5, 5.41) is 0.702. The Hall–Kier alpha value is -3.69. The molecule has 1 aliphatic heterocycles. The highest BCUT2D eigenvalue weighted by molar-refractivity contribution is 6.02. The van der Waals surface area contributed by atoms with Gasteiger partial charge in [-0.25, -0.2) is 14.8 Å². The van der Waals surface area contributed by atoms with E-state index in [1.165, 1.54) is 18.5 Å². The second kappa shape index (κ2) is 10.1. The number of allylic oxidation sites excluding steroid dienone is 2. The van der Waals surface area contributed by atoms with Crippen LogP contribution in [0.4, 0.5) is 19.4 Å². The van der Waals surface area contributed by atoms with Crippen molar-refractivity contribution in [3.63, 3.8) is 0 Å². The highest BCUT2D eigenvalue weighted by atomic mass is 19.3. The summed E-state index contributed by atoms with van der Waals surface area (Å²) in [6, 6.07) is 6.56. The number of nitrogens with zero attached hydrogens (tertiary/aromatic N) is 4. The van der Waals surface area contributed by atoms with Crippen molar-refractivity contribution in [1.82, 2.24) is 19.4 Å². The summed E-state index contributed by atoms with van der Waals surface area (Å²) in [7, 11) is 1.96. The van der Waals surface area contributed by atoms with Gasteiger partial charge in [0.25, 0.3) is 0 Å². The summed E-state index contributed by atoms with van der Waals surface area (Å²) in [5.74, 6) is 0.346. The number of hydrogen-bond donors (Lipinski definition) is 1. The van der Waals surface area contributed by atoms with E-state index in [1.54, 1.807) is 17.0 Å². The average Bonchev–Trinajstić information content (AvgIpc) is 3.17. The number of piperidine rings is 1. The fourth-order valence-corrected chi connectivity index (χ4v) is 6.15. The number of halogens is 2. The first-order valence-corrected chi connectivity index (χ1v) is 13.3. The molecular formula is C29H35F2N5O3. The zero-order valence-electron chi connectivity index (χ0n) is 22.8. The lowest BCUT2D eigenvalue weighted by Crippen LogP contribution is -2.50. The van der Waals surface area contributed by atoms with Gasteiger partial charge in [0.15, 0.2) is 0 Å². The molecule has 8 nitrogen and oxygen atoms in total. The van der Waals surface area contributed by atoms with E-state index in [0.29, 0.717) is 29.9 Å². The van der Waals surface area contributed by atoms with Crippen molar-refractivity contribution in [2.24, 2.45) is 12.5 Å². The number of rotatable bonds is 4. The Morgan fingerprint density at radius 1 is 1.15 bits per heavy atom. The van der Waals surface area contributed by atoms with E-state index in [1.807, 2.05) is 27.8 Å². The molecule has 3 aromatic rings.